The molecule has 53 heavy (non-hydrogen) atoms. The summed E-state index contributed by atoms with van der Waals surface area (Å²) in [7, 11) is 0. The lowest BCUT2D eigenvalue weighted by Gasteiger charge is -2.19. The minimum absolute atomic E-state index is 0.295. The van der Waals surface area contributed by atoms with Crippen LogP contribution in [0.2, 0.25) is 0 Å². The molecule has 19 heteroatoms. The van der Waals surface area contributed by atoms with Crippen molar-refractivity contribution in [1.29, 1.82) is 0 Å². The predicted octanol–water partition coefficient (Wildman–Crippen LogP) is 1.25. The molecule has 0 atom stereocenters. The molecule has 19 nitrogen and oxygen atoms in total. The monoisotopic (exact) mass is 773 g/mol. The lowest BCUT2D eigenvalue weighted by molar-refractivity contribution is -0.128. The Labute approximate surface area is 314 Å². The summed E-state index contributed by atoms with van der Waals surface area (Å²) >= 11 is 0. The van der Waals surface area contributed by atoms with Crippen LogP contribution in [0.25, 0.3) is 0 Å². The van der Waals surface area contributed by atoms with Crippen molar-refractivity contribution in [3.8, 4) is 0 Å². The van der Waals surface area contributed by atoms with Crippen molar-refractivity contribution in [3.63, 3.8) is 0 Å². The third kappa shape index (κ3) is 43.9. The molecule has 0 bridgehead atoms. The van der Waals surface area contributed by atoms with Crippen LogP contribution in [0.3, 0.4) is 0 Å². The molecule has 0 saturated heterocycles. The highest BCUT2D eigenvalue weighted by molar-refractivity contribution is 5.77. The third-order valence-electron chi connectivity index (χ3n) is 5.59. The maximum atomic E-state index is 11.6. The Morgan fingerprint density at radius 3 is 0.943 bits per heavy atom. The Kier molecular flexibility index (Phi) is 33.7. The number of hydrogen-bond acceptors (Lipinski definition) is 16. The van der Waals surface area contributed by atoms with Gasteiger partial charge >= 0.3 is 12.2 Å². The lowest BCUT2D eigenvalue weighted by atomic mass is 10.2. The van der Waals surface area contributed by atoms with Gasteiger partial charge in [-0.15, -0.1) is 0 Å². The van der Waals surface area contributed by atoms with Gasteiger partial charge in [0.2, 0.25) is 5.91 Å². The van der Waals surface area contributed by atoms with E-state index in [0.29, 0.717) is 145 Å². The standard InChI is InChI=1S/C34H67N3O16/c1-33(2,3)52-31(39)36-8-10-42-12-14-44-16-18-46-20-22-48-24-26-50-28-27-49-25-23-47-21-19-45-17-15-43-13-11-41-9-7-35-30(38)29-51-37-32(40)53-34(4,5)6/h7-29H2,1-6H3,(H,35,38)(H,36,39)(H,37,40). The quantitative estimate of drug-likeness (QED) is 0.0605. The van der Waals surface area contributed by atoms with Crippen LogP contribution in [0.5, 0.6) is 0 Å². The zero-order valence-corrected chi connectivity index (χ0v) is 32.8. The van der Waals surface area contributed by atoms with Gasteiger partial charge in [0.15, 0.2) is 6.61 Å². The maximum Gasteiger partial charge on any atom is 0.431 e. The molecular formula is C34H67N3O16. The van der Waals surface area contributed by atoms with Crippen molar-refractivity contribution in [2.24, 2.45) is 0 Å². The largest absolute Gasteiger partial charge is 0.444 e. The number of hydrogen-bond donors (Lipinski definition) is 3. The van der Waals surface area contributed by atoms with Crippen LogP contribution in [0.1, 0.15) is 41.5 Å². The molecule has 0 unspecified atom stereocenters. The first-order chi connectivity index (χ1) is 25.4. The second kappa shape index (κ2) is 35.3. The van der Waals surface area contributed by atoms with Gasteiger partial charge in [-0.05, 0) is 41.5 Å². The summed E-state index contributed by atoms with van der Waals surface area (Å²) in [6.45, 7) is 19.7. The van der Waals surface area contributed by atoms with Gasteiger partial charge in [0.1, 0.15) is 11.2 Å². The molecule has 0 aromatic carbocycles. The van der Waals surface area contributed by atoms with E-state index in [-0.39, 0.29) is 6.61 Å². The van der Waals surface area contributed by atoms with Crippen molar-refractivity contribution < 1.29 is 76.1 Å². The van der Waals surface area contributed by atoms with Crippen LogP contribution in [0.15, 0.2) is 0 Å². The molecule has 3 N–H and O–H groups in total. The molecule has 0 fully saturated rings. The van der Waals surface area contributed by atoms with E-state index in [9.17, 15) is 14.4 Å². The van der Waals surface area contributed by atoms with E-state index in [1.165, 1.54) is 0 Å². The molecular weight excluding hydrogens is 706 g/mol. The molecule has 3 amide bonds. The van der Waals surface area contributed by atoms with E-state index in [2.05, 4.69) is 10.6 Å². The third-order valence-corrected chi connectivity index (χ3v) is 5.59. The summed E-state index contributed by atoms with van der Waals surface area (Å²) in [6.07, 6.45) is -1.23. The smallest absolute Gasteiger partial charge is 0.431 e. The van der Waals surface area contributed by atoms with Crippen LogP contribution >= 0.6 is 0 Å². The summed E-state index contributed by atoms with van der Waals surface area (Å²) in [5.41, 5.74) is 0.863. The van der Waals surface area contributed by atoms with Crippen molar-refractivity contribution in [2.45, 2.75) is 52.7 Å². The number of alkyl carbamates (subject to hydrolysis) is 1. The molecule has 0 aromatic heterocycles. The van der Waals surface area contributed by atoms with E-state index in [1.54, 1.807) is 20.8 Å². The molecule has 0 heterocycles. The molecule has 0 rings (SSSR count). The fraction of sp³-hybridized carbons (Fsp3) is 0.912. The van der Waals surface area contributed by atoms with Crippen LogP contribution in [0.4, 0.5) is 9.59 Å². The van der Waals surface area contributed by atoms with Gasteiger partial charge in [-0.2, -0.15) is 5.48 Å². The number of amides is 3. The summed E-state index contributed by atoms with van der Waals surface area (Å²) in [5.74, 6) is -0.402. The van der Waals surface area contributed by atoms with Gasteiger partial charge in [-0.1, -0.05) is 0 Å². The van der Waals surface area contributed by atoms with E-state index in [4.69, 9.17) is 61.7 Å². The average molecular weight is 774 g/mol. The molecule has 0 radical (unpaired) electrons. The van der Waals surface area contributed by atoms with Gasteiger partial charge in [-0.25, -0.2) is 9.59 Å². The zero-order chi connectivity index (χ0) is 39.3. The number of nitrogens with one attached hydrogen (secondary N) is 3. The summed E-state index contributed by atoms with van der Waals surface area (Å²) < 4.78 is 64.5. The van der Waals surface area contributed by atoms with E-state index < -0.39 is 29.3 Å². The molecule has 0 spiro atoms. The Balaban J connectivity index is 3.19. The average Bonchev–Trinajstić information content (AvgIpc) is 3.06. The van der Waals surface area contributed by atoms with Crippen molar-refractivity contribution in [3.05, 3.63) is 0 Å². The normalized spacial score (nSPS) is 11.7. The van der Waals surface area contributed by atoms with Gasteiger partial charge < -0.3 is 67.5 Å². The van der Waals surface area contributed by atoms with Crippen molar-refractivity contribution >= 4 is 18.1 Å². The fourth-order valence-corrected chi connectivity index (χ4v) is 3.39. The summed E-state index contributed by atoms with van der Waals surface area (Å²) in [4.78, 5) is 39.3. The number of carbonyl (C=O) groups excluding carboxylic acids is 3. The van der Waals surface area contributed by atoms with Crippen molar-refractivity contribution in [2.75, 3.05) is 152 Å². The topological polar surface area (TPSA) is 207 Å². The van der Waals surface area contributed by atoms with Crippen LogP contribution in [0, 0.1) is 0 Å². The predicted molar refractivity (Wildman–Crippen MR) is 191 cm³/mol. The van der Waals surface area contributed by atoms with Crippen LogP contribution < -0.4 is 16.1 Å². The Bertz CT molecular complexity index is 874. The number of rotatable bonds is 36. The Hall–Kier alpha value is -2.43. The van der Waals surface area contributed by atoms with Crippen LogP contribution in [-0.2, 0) is 66.5 Å². The number of carbonyl (C=O) groups is 3. The first kappa shape index (κ1) is 50.6. The van der Waals surface area contributed by atoms with Gasteiger partial charge in [0, 0.05) is 13.1 Å². The minimum Gasteiger partial charge on any atom is -0.444 e. The van der Waals surface area contributed by atoms with Gasteiger partial charge in [0.25, 0.3) is 0 Å². The summed E-state index contributed by atoms with van der Waals surface area (Å²) in [6, 6.07) is 0. The van der Waals surface area contributed by atoms with E-state index >= 15 is 0 Å². The first-order valence-corrected chi connectivity index (χ1v) is 18.0. The molecule has 314 valence electrons. The molecule has 0 aliphatic heterocycles. The zero-order valence-electron chi connectivity index (χ0n) is 32.8. The molecule has 0 saturated carbocycles. The van der Waals surface area contributed by atoms with Gasteiger partial charge in [-0.3, -0.25) is 9.63 Å². The highest BCUT2D eigenvalue weighted by Gasteiger charge is 2.17. The Morgan fingerprint density at radius 2 is 0.642 bits per heavy atom. The maximum absolute atomic E-state index is 11.6. The highest BCUT2D eigenvalue weighted by atomic mass is 16.7. The lowest BCUT2D eigenvalue weighted by Crippen LogP contribution is -2.37. The highest BCUT2D eigenvalue weighted by Crippen LogP contribution is 2.06. The SMILES string of the molecule is CC(C)(C)OC(=O)NCCOCCOCCOCCOCCOCCOCCOCCOCCOCCOCCNC(=O)CONC(=O)OC(C)(C)C. The second-order valence-corrected chi connectivity index (χ2v) is 12.8. The van der Waals surface area contributed by atoms with Gasteiger partial charge in [0.05, 0.1) is 132 Å². The Morgan fingerprint density at radius 1 is 0.377 bits per heavy atom. The van der Waals surface area contributed by atoms with Crippen LogP contribution in [-0.4, -0.2) is 181 Å². The fourth-order valence-electron chi connectivity index (χ4n) is 3.39. The number of ether oxygens (including phenoxy) is 12. The first-order valence-electron chi connectivity index (χ1n) is 18.0. The molecule has 0 aromatic rings. The van der Waals surface area contributed by atoms with Crippen molar-refractivity contribution in [1.82, 2.24) is 16.1 Å². The second-order valence-electron chi connectivity index (χ2n) is 12.8. The number of hydroxylamine groups is 1. The van der Waals surface area contributed by atoms with E-state index in [0.717, 1.165) is 0 Å². The van der Waals surface area contributed by atoms with E-state index in [1.807, 2.05) is 26.3 Å². The minimum atomic E-state index is -0.768. The molecule has 0 aliphatic rings. The molecule has 0 aliphatic carbocycles. The summed E-state index contributed by atoms with van der Waals surface area (Å²) in [5, 5.41) is 5.22.